The van der Waals surface area contributed by atoms with Crippen LogP contribution in [-0.2, 0) is 6.54 Å². The smallest absolute Gasteiger partial charge is 0.254 e. The Morgan fingerprint density at radius 3 is 3.07 bits per heavy atom. The van der Waals surface area contributed by atoms with Crippen molar-refractivity contribution in [3.63, 3.8) is 0 Å². The van der Waals surface area contributed by atoms with Gasteiger partial charge in [0.25, 0.3) is 5.91 Å². The molecule has 0 radical (unpaired) electrons. The van der Waals surface area contributed by atoms with Crippen LogP contribution >= 0.6 is 22.9 Å². The van der Waals surface area contributed by atoms with E-state index in [-0.39, 0.29) is 5.91 Å². The van der Waals surface area contributed by atoms with Crippen LogP contribution in [0.2, 0.25) is 0 Å². The number of carbonyl (C=O) groups is 1. The van der Waals surface area contributed by atoms with E-state index in [2.05, 4.69) is 9.69 Å². The van der Waals surface area contributed by atoms with E-state index in [0.29, 0.717) is 12.1 Å². The summed E-state index contributed by atoms with van der Waals surface area (Å²) < 4.78 is 4.07. The molecule has 2 rings (SSSR count). The second kappa shape index (κ2) is 4.55. The maximum absolute atomic E-state index is 11.7. The Labute approximate surface area is 95.9 Å². The number of aryl methyl sites for hydroxylation is 1. The number of rotatable bonds is 3. The van der Waals surface area contributed by atoms with E-state index in [1.165, 1.54) is 11.5 Å². The number of nitrogens with one attached hydrogen (secondary N) is 1. The second-order valence-electron chi connectivity index (χ2n) is 3.08. The van der Waals surface area contributed by atoms with Crippen LogP contribution in [0.4, 0.5) is 0 Å². The summed E-state index contributed by atoms with van der Waals surface area (Å²) in [7, 11) is 0. The maximum atomic E-state index is 11.7. The van der Waals surface area contributed by atoms with Gasteiger partial charge in [0, 0.05) is 10.3 Å². The molecule has 78 valence electrons. The molecule has 15 heavy (non-hydrogen) atoms. The van der Waals surface area contributed by atoms with Crippen LogP contribution in [-0.4, -0.2) is 10.3 Å². The predicted molar refractivity (Wildman–Crippen MR) is 62.3 cm³/mol. The quantitative estimate of drug-likeness (QED) is 0.892. The highest BCUT2D eigenvalue weighted by Gasteiger charge is 2.10. The zero-order valence-electron chi connectivity index (χ0n) is 8.19. The predicted octanol–water partition coefficient (Wildman–Crippen LogP) is 2.44. The lowest BCUT2D eigenvalue weighted by Gasteiger charge is -2.01. The standard InChI is InChI=1S/C10H10N2OS2/c1-7-9(6-15-12-7)10(13)11-5-8-3-2-4-14-8/h2-4,6H,5H2,1H3,(H,11,13). The van der Waals surface area contributed by atoms with Crippen molar-refractivity contribution in [2.24, 2.45) is 0 Å². The fourth-order valence-corrected chi connectivity index (χ4v) is 2.52. The monoisotopic (exact) mass is 238 g/mol. The second-order valence-corrected chi connectivity index (χ2v) is 4.74. The van der Waals surface area contributed by atoms with Crippen molar-refractivity contribution in [2.75, 3.05) is 0 Å². The third-order valence-corrected chi connectivity index (χ3v) is 3.59. The van der Waals surface area contributed by atoms with E-state index in [9.17, 15) is 4.79 Å². The lowest BCUT2D eigenvalue weighted by molar-refractivity contribution is 0.0951. The zero-order chi connectivity index (χ0) is 10.7. The molecule has 0 saturated carbocycles. The average Bonchev–Trinajstić information content (AvgIpc) is 2.84. The fourth-order valence-electron chi connectivity index (χ4n) is 1.19. The molecule has 1 amide bonds. The van der Waals surface area contributed by atoms with Gasteiger partial charge in [-0.3, -0.25) is 4.79 Å². The van der Waals surface area contributed by atoms with Gasteiger partial charge in [-0.05, 0) is 29.9 Å². The Morgan fingerprint density at radius 1 is 1.60 bits per heavy atom. The Morgan fingerprint density at radius 2 is 2.47 bits per heavy atom. The van der Waals surface area contributed by atoms with Crippen molar-refractivity contribution in [2.45, 2.75) is 13.5 Å². The summed E-state index contributed by atoms with van der Waals surface area (Å²) in [5.74, 6) is -0.0466. The minimum Gasteiger partial charge on any atom is -0.347 e. The average molecular weight is 238 g/mol. The Hall–Kier alpha value is -1.20. The molecule has 0 saturated heterocycles. The van der Waals surface area contributed by atoms with Gasteiger partial charge in [0.05, 0.1) is 17.8 Å². The van der Waals surface area contributed by atoms with Gasteiger partial charge in [-0.15, -0.1) is 11.3 Å². The number of aromatic nitrogens is 1. The molecule has 2 aromatic heterocycles. The molecule has 3 nitrogen and oxygen atoms in total. The first-order valence-corrected chi connectivity index (χ1v) is 6.20. The molecule has 0 bridgehead atoms. The first-order valence-electron chi connectivity index (χ1n) is 4.49. The van der Waals surface area contributed by atoms with Crippen LogP contribution in [0.3, 0.4) is 0 Å². The van der Waals surface area contributed by atoms with Crippen LogP contribution in [0.1, 0.15) is 20.9 Å². The molecule has 2 aromatic rings. The molecular formula is C10H10N2OS2. The topological polar surface area (TPSA) is 42.0 Å². The summed E-state index contributed by atoms with van der Waals surface area (Å²) in [6.45, 7) is 2.43. The third kappa shape index (κ3) is 2.43. The first kappa shape index (κ1) is 10.3. The largest absolute Gasteiger partial charge is 0.347 e. The van der Waals surface area contributed by atoms with Crippen LogP contribution in [0.25, 0.3) is 0 Å². The molecule has 0 atom stereocenters. The zero-order valence-corrected chi connectivity index (χ0v) is 9.82. The first-order chi connectivity index (χ1) is 7.27. The Bertz CT molecular complexity index is 448. The molecule has 0 aromatic carbocycles. The summed E-state index contributed by atoms with van der Waals surface area (Å²) in [6.07, 6.45) is 0. The van der Waals surface area contributed by atoms with Crippen molar-refractivity contribution >= 4 is 28.8 Å². The molecule has 0 aliphatic rings. The van der Waals surface area contributed by atoms with Gasteiger partial charge in [-0.25, -0.2) is 0 Å². The van der Waals surface area contributed by atoms with Gasteiger partial charge in [0.2, 0.25) is 0 Å². The van der Waals surface area contributed by atoms with Gasteiger partial charge in [0.1, 0.15) is 0 Å². The SMILES string of the molecule is Cc1nscc1C(=O)NCc1cccs1. The Kier molecular flexibility index (Phi) is 3.13. The number of nitrogens with zero attached hydrogens (tertiary/aromatic N) is 1. The van der Waals surface area contributed by atoms with E-state index in [0.717, 1.165) is 10.6 Å². The van der Waals surface area contributed by atoms with Crippen LogP contribution < -0.4 is 5.32 Å². The Balaban J connectivity index is 1.96. The summed E-state index contributed by atoms with van der Waals surface area (Å²) in [6, 6.07) is 3.98. The molecular weight excluding hydrogens is 228 g/mol. The van der Waals surface area contributed by atoms with E-state index >= 15 is 0 Å². The van der Waals surface area contributed by atoms with Gasteiger partial charge in [-0.1, -0.05) is 6.07 Å². The van der Waals surface area contributed by atoms with Gasteiger partial charge >= 0.3 is 0 Å². The highest BCUT2D eigenvalue weighted by atomic mass is 32.1. The van der Waals surface area contributed by atoms with E-state index in [1.54, 1.807) is 16.7 Å². The van der Waals surface area contributed by atoms with Crippen molar-refractivity contribution in [3.05, 3.63) is 39.0 Å². The molecule has 0 aliphatic carbocycles. The lowest BCUT2D eigenvalue weighted by atomic mass is 10.2. The van der Waals surface area contributed by atoms with Gasteiger partial charge in [0.15, 0.2) is 0 Å². The lowest BCUT2D eigenvalue weighted by Crippen LogP contribution is -2.22. The summed E-state index contributed by atoms with van der Waals surface area (Å²) >= 11 is 2.95. The van der Waals surface area contributed by atoms with E-state index in [4.69, 9.17) is 0 Å². The molecule has 0 aliphatic heterocycles. The maximum Gasteiger partial charge on any atom is 0.254 e. The number of amides is 1. The highest BCUT2D eigenvalue weighted by molar-refractivity contribution is 7.09. The molecule has 2 heterocycles. The van der Waals surface area contributed by atoms with Crippen LogP contribution in [0.15, 0.2) is 22.9 Å². The van der Waals surface area contributed by atoms with Crippen molar-refractivity contribution in [1.82, 2.24) is 9.69 Å². The molecule has 5 heteroatoms. The van der Waals surface area contributed by atoms with Crippen LogP contribution in [0, 0.1) is 6.92 Å². The van der Waals surface area contributed by atoms with Crippen molar-refractivity contribution < 1.29 is 4.79 Å². The van der Waals surface area contributed by atoms with Gasteiger partial charge in [-0.2, -0.15) is 4.37 Å². The summed E-state index contributed by atoms with van der Waals surface area (Å²) in [5.41, 5.74) is 1.47. The van der Waals surface area contributed by atoms with Crippen LogP contribution in [0.5, 0.6) is 0 Å². The third-order valence-electron chi connectivity index (χ3n) is 2.00. The molecule has 0 spiro atoms. The van der Waals surface area contributed by atoms with E-state index in [1.807, 2.05) is 24.4 Å². The minimum absolute atomic E-state index is 0.0466. The number of carbonyl (C=O) groups excluding carboxylic acids is 1. The molecule has 1 N–H and O–H groups in total. The van der Waals surface area contributed by atoms with Crippen molar-refractivity contribution in [1.29, 1.82) is 0 Å². The number of hydrogen-bond acceptors (Lipinski definition) is 4. The molecule has 0 unspecified atom stereocenters. The number of thiophene rings is 1. The molecule has 0 fully saturated rings. The minimum atomic E-state index is -0.0466. The number of hydrogen-bond donors (Lipinski definition) is 1. The van der Waals surface area contributed by atoms with Gasteiger partial charge < -0.3 is 5.32 Å². The summed E-state index contributed by atoms with van der Waals surface area (Å²) in [5, 5.41) is 6.64. The highest BCUT2D eigenvalue weighted by Crippen LogP contribution is 2.11. The summed E-state index contributed by atoms with van der Waals surface area (Å²) in [4.78, 5) is 12.8. The van der Waals surface area contributed by atoms with E-state index < -0.39 is 0 Å². The normalized spacial score (nSPS) is 10.2. The fraction of sp³-hybridized carbons (Fsp3) is 0.200. The van der Waals surface area contributed by atoms with Crippen molar-refractivity contribution in [3.8, 4) is 0 Å².